The first-order valence-corrected chi connectivity index (χ1v) is 7.18. The van der Waals surface area contributed by atoms with Gasteiger partial charge in [-0.25, -0.2) is 9.97 Å². The van der Waals surface area contributed by atoms with Crippen molar-refractivity contribution >= 4 is 11.6 Å². The van der Waals surface area contributed by atoms with Crippen LogP contribution in [-0.2, 0) is 13.5 Å². The minimum atomic E-state index is 0.435. The molecule has 1 aromatic carbocycles. The molecular weight excluding hydrogens is 284 g/mol. The van der Waals surface area contributed by atoms with Crippen LogP contribution in [0.5, 0.6) is 0 Å². The zero-order valence-electron chi connectivity index (χ0n) is 11.9. The van der Waals surface area contributed by atoms with Crippen molar-refractivity contribution in [3.8, 4) is 22.6 Å². The van der Waals surface area contributed by atoms with Gasteiger partial charge >= 0.3 is 0 Å². The van der Waals surface area contributed by atoms with E-state index >= 15 is 0 Å². The second-order valence-electron chi connectivity index (χ2n) is 4.78. The number of rotatable bonds is 3. The van der Waals surface area contributed by atoms with Gasteiger partial charge in [0.15, 0.2) is 5.82 Å². The highest BCUT2D eigenvalue weighted by atomic mass is 35.5. The maximum absolute atomic E-state index is 6.17. The van der Waals surface area contributed by atoms with E-state index in [9.17, 15) is 0 Å². The SMILES string of the molecule is CCc1nn(C)cc1-c1nc(Cl)cc(-c2ccccc2)n1. The van der Waals surface area contributed by atoms with E-state index in [0.717, 1.165) is 28.9 Å². The molecule has 0 bridgehead atoms. The summed E-state index contributed by atoms with van der Waals surface area (Å²) in [5.74, 6) is 0.617. The Kier molecular flexibility index (Phi) is 3.71. The van der Waals surface area contributed by atoms with Crippen molar-refractivity contribution in [1.29, 1.82) is 0 Å². The molecule has 0 atom stereocenters. The fraction of sp³-hybridized carbons (Fsp3) is 0.188. The van der Waals surface area contributed by atoms with Crippen molar-refractivity contribution in [2.45, 2.75) is 13.3 Å². The molecule has 0 aliphatic heterocycles. The van der Waals surface area contributed by atoms with Crippen LogP contribution < -0.4 is 0 Å². The molecule has 0 amide bonds. The monoisotopic (exact) mass is 298 g/mol. The third-order valence-electron chi connectivity index (χ3n) is 3.25. The quantitative estimate of drug-likeness (QED) is 0.692. The van der Waals surface area contributed by atoms with Gasteiger partial charge in [-0.1, -0.05) is 48.9 Å². The second-order valence-corrected chi connectivity index (χ2v) is 5.17. The Balaban J connectivity index is 2.14. The van der Waals surface area contributed by atoms with Crippen LogP contribution in [0.2, 0.25) is 5.15 Å². The van der Waals surface area contributed by atoms with Gasteiger partial charge in [0.05, 0.1) is 17.0 Å². The predicted molar refractivity (Wildman–Crippen MR) is 84.1 cm³/mol. The minimum absolute atomic E-state index is 0.435. The molecule has 0 N–H and O–H groups in total. The lowest BCUT2D eigenvalue weighted by Crippen LogP contribution is -1.94. The number of hydrogen-bond acceptors (Lipinski definition) is 3. The number of aryl methyl sites for hydroxylation is 2. The van der Waals surface area contributed by atoms with Crippen molar-refractivity contribution in [2.24, 2.45) is 7.05 Å². The second kappa shape index (κ2) is 5.66. The van der Waals surface area contributed by atoms with Gasteiger partial charge in [0.1, 0.15) is 5.15 Å². The average Bonchev–Trinajstić information content (AvgIpc) is 2.89. The van der Waals surface area contributed by atoms with Crippen LogP contribution in [0, 0.1) is 0 Å². The van der Waals surface area contributed by atoms with Crippen molar-refractivity contribution in [3.63, 3.8) is 0 Å². The highest BCUT2D eigenvalue weighted by molar-refractivity contribution is 6.29. The fourth-order valence-electron chi connectivity index (χ4n) is 2.28. The van der Waals surface area contributed by atoms with E-state index in [0.29, 0.717) is 11.0 Å². The molecular formula is C16H15ClN4. The highest BCUT2D eigenvalue weighted by Crippen LogP contribution is 2.26. The first-order valence-electron chi connectivity index (χ1n) is 6.80. The fourth-order valence-corrected chi connectivity index (χ4v) is 2.46. The largest absolute Gasteiger partial charge is 0.275 e. The molecule has 21 heavy (non-hydrogen) atoms. The van der Waals surface area contributed by atoms with Gasteiger partial charge in [0.25, 0.3) is 0 Å². The Morgan fingerprint density at radius 1 is 1.14 bits per heavy atom. The molecule has 4 nitrogen and oxygen atoms in total. The summed E-state index contributed by atoms with van der Waals surface area (Å²) in [6.07, 6.45) is 2.76. The van der Waals surface area contributed by atoms with Gasteiger partial charge in [-0.2, -0.15) is 5.10 Å². The zero-order chi connectivity index (χ0) is 14.8. The molecule has 5 heteroatoms. The van der Waals surface area contributed by atoms with Crippen molar-refractivity contribution in [1.82, 2.24) is 19.7 Å². The molecule has 0 aliphatic rings. The van der Waals surface area contributed by atoms with Crippen molar-refractivity contribution in [2.75, 3.05) is 0 Å². The van der Waals surface area contributed by atoms with Crippen LogP contribution in [0.3, 0.4) is 0 Å². The summed E-state index contributed by atoms with van der Waals surface area (Å²) >= 11 is 6.17. The van der Waals surface area contributed by atoms with Crippen LogP contribution in [-0.4, -0.2) is 19.7 Å². The minimum Gasteiger partial charge on any atom is -0.275 e. The van der Waals surface area contributed by atoms with Crippen LogP contribution in [0.25, 0.3) is 22.6 Å². The lowest BCUT2D eigenvalue weighted by molar-refractivity contribution is 0.746. The summed E-state index contributed by atoms with van der Waals surface area (Å²) in [6, 6.07) is 11.7. The summed E-state index contributed by atoms with van der Waals surface area (Å²) in [7, 11) is 1.89. The van der Waals surface area contributed by atoms with Gasteiger partial charge in [-0.15, -0.1) is 0 Å². The summed E-state index contributed by atoms with van der Waals surface area (Å²) in [6.45, 7) is 2.06. The molecule has 0 saturated heterocycles. The van der Waals surface area contributed by atoms with Gasteiger partial charge in [-0.3, -0.25) is 4.68 Å². The molecule has 0 radical (unpaired) electrons. The summed E-state index contributed by atoms with van der Waals surface area (Å²) < 4.78 is 1.78. The standard InChI is InChI=1S/C16H15ClN4/c1-3-13-12(10-21(2)20-13)16-18-14(9-15(17)19-16)11-7-5-4-6-8-11/h4-10H,3H2,1-2H3. The van der Waals surface area contributed by atoms with Crippen LogP contribution in [0.1, 0.15) is 12.6 Å². The van der Waals surface area contributed by atoms with Gasteiger partial charge in [0, 0.05) is 24.9 Å². The number of nitrogens with zero attached hydrogens (tertiary/aromatic N) is 4. The number of hydrogen-bond donors (Lipinski definition) is 0. The molecule has 106 valence electrons. The average molecular weight is 299 g/mol. The van der Waals surface area contributed by atoms with Crippen molar-refractivity contribution in [3.05, 3.63) is 53.4 Å². The van der Waals surface area contributed by atoms with E-state index in [1.807, 2.05) is 43.6 Å². The van der Waals surface area contributed by atoms with Crippen molar-refractivity contribution < 1.29 is 0 Å². The van der Waals surface area contributed by atoms with Crippen LogP contribution >= 0.6 is 11.6 Å². The maximum Gasteiger partial charge on any atom is 0.164 e. The molecule has 0 saturated carbocycles. The summed E-state index contributed by atoms with van der Waals surface area (Å²) in [5.41, 5.74) is 3.74. The number of aromatic nitrogens is 4. The molecule has 2 aromatic heterocycles. The maximum atomic E-state index is 6.17. The van der Waals surface area contributed by atoms with E-state index in [1.54, 1.807) is 10.7 Å². The van der Waals surface area contributed by atoms with Gasteiger partial charge < -0.3 is 0 Å². The molecule has 0 aliphatic carbocycles. The van der Waals surface area contributed by atoms with E-state index in [4.69, 9.17) is 11.6 Å². The Morgan fingerprint density at radius 3 is 2.62 bits per heavy atom. The van der Waals surface area contributed by atoms with Gasteiger partial charge in [0.2, 0.25) is 0 Å². The topological polar surface area (TPSA) is 43.6 Å². The molecule has 2 heterocycles. The normalized spacial score (nSPS) is 10.8. The Morgan fingerprint density at radius 2 is 1.90 bits per heavy atom. The third kappa shape index (κ3) is 2.81. The highest BCUT2D eigenvalue weighted by Gasteiger charge is 2.13. The molecule has 3 aromatic rings. The molecule has 0 spiro atoms. The summed E-state index contributed by atoms with van der Waals surface area (Å²) in [4.78, 5) is 9.00. The Bertz CT molecular complexity index is 765. The number of halogens is 1. The first kappa shape index (κ1) is 13.8. The molecule has 0 unspecified atom stereocenters. The van der Waals surface area contributed by atoms with E-state index in [-0.39, 0.29) is 0 Å². The number of benzene rings is 1. The first-order chi connectivity index (χ1) is 10.2. The van der Waals surface area contributed by atoms with Gasteiger partial charge in [-0.05, 0) is 6.42 Å². The lowest BCUT2D eigenvalue weighted by atomic mass is 10.1. The zero-order valence-corrected chi connectivity index (χ0v) is 12.7. The predicted octanol–water partition coefficient (Wildman–Crippen LogP) is 3.76. The molecule has 0 fully saturated rings. The summed E-state index contributed by atoms with van der Waals surface area (Å²) in [5, 5.41) is 4.87. The van der Waals surface area contributed by atoms with Crippen LogP contribution in [0.15, 0.2) is 42.6 Å². The smallest absolute Gasteiger partial charge is 0.164 e. The van der Waals surface area contributed by atoms with E-state index in [1.165, 1.54) is 0 Å². The third-order valence-corrected chi connectivity index (χ3v) is 3.44. The van der Waals surface area contributed by atoms with E-state index in [2.05, 4.69) is 22.0 Å². The Hall–Kier alpha value is -2.20. The molecule has 3 rings (SSSR count). The van der Waals surface area contributed by atoms with Crippen LogP contribution in [0.4, 0.5) is 0 Å². The van der Waals surface area contributed by atoms with E-state index < -0.39 is 0 Å². The Labute approximate surface area is 128 Å². The lowest BCUT2D eigenvalue weighted by Gasteiger charge is -2.05.